The van der Waals surface area contributed by atoms with Gasteiger partial charge < -0.3 is 0 Å². The van der Waals surface area contributed by atoms with Gasteiger partial charge >= 0.3 is 5.82 Å². The van der Waals surface area contributed by atoms with E-state index in [4.69, 9.17) is 4.98 Å². The van der Waals surface area contributed by atoms with Gasteiger partial charge in [0.15, 0.2) is 5.52 Å². The van der Waals surface area contributed by atoms with Crippen molar-refractivity contribution in [3.05, 3.63) is 96.2 Å². The van der Waals surface area contributed by atoms with Crippen LogP contribution in [0.5, 0.6) is 0 Å². The summed E-state index contributed by atoms with van der Waals surface area (Å²) < 4.78 is 2.14. The van der Waals surface area contributed by atoms with Crippen LogP contribution in [0.25, 0.3) is 44.2 Å². The molecule has 0 atom stereocenters. The zero-order valence-electron chi connectivity index (χ0n) is 18.6. The normalized spacial score (nSPS) is 11.5. The third-order valence-corrected chi connectivity index (χ3v) is 6.21. The second kappa shape index (κ2) is 7.63. The molecule has 0 amide bonds. The summed E-state index contributed by atoms with van der Waals surface area (Å²) >= 11 is 0. The molecule has 0 aliphatic carbocycles. The summed E-state index contributed by atoms with van der Waals surface area (Å²) in [5.41, 5.74) is 7.27. The molecule has 0 spiro atoms. The first-order valence-electron chi connectivity index (χ1n) is 10.9. The molecule has 0 aliphatic rings. The lowest BCUT2D eigenvalue weighted by Gasteiger charge is -2.10. The molecular weight excluding hydrogens is 376 g/mol. The molecule has 5 rings (SSSR count). The molecule has 0 fully saturated rings. The monoisotopic (exact) mass is 403 g/mol. The summed E-state index contributed by atoms with van der Waals surface area (Å²) in [5, 5.41) is 3.57. The Balaban J connectivity index is 1.68. The van der Waals surface area contributed by atoms with Gasteiger partial charge in [-0.05, 0) is 63.7 Å². The molecule has 31 heavy (non-hydrogen) atoms. The van der Waals surface area contributed by atoms with Crippen molar-refractivity contribution in [3.8, 4) is 22.5 Å². The molecule has 0 unspecified atom stereocenters. The molecule has 0 N–H and O–H groups in total. The number of fused-ring (bicyclic) bond motifs is 3. The van der Waals surface area contributed by atoms with Crippen molar-refractivity contribution in [2.24, 2.45) is 7.05 Å². The zero-order chi connectivity index (χ0) is 21.5. The molecule has 2 heteroatoms. The molecule has 0 radical (unpaired) electrons. The number of benzene rings is 4. The predicted molar refractivity (Wildman–Crippen MR) is 130 cm³/mol. The molecule has 4 aromatic carbocycles. The second-order valence-electron chi connectivity index (χ2n) is 8.71. The molecule has 0 aliphatic heterocycles. The lowest BCUT2D eigenvalue weighted by molar-refractivity contribution is -0.661. The molecule has 152 valence electrons. The Labute approximate surface area is 183 Å². The van der Waals surface area contributed by atoms with Crippen molar-refractivity contribution in [2.75, 3.05) is 0 Å². The van der Waals surface area contributed by atoms with Gasteiger partial charge in [0.1, 0.15) is 6.20 Å². The molecule has 0 saturated heterocycles. The van der Waals surface area contributed by atoms with Gasteiger partial charge in [0.05, 0.1) is 18.0 Å². The third kappa shape index (κ3) is 3.48. The van der Waals surface area contributed by atoms with E-state index in [9.17, 15) is 0 Å². The Morgan fingerprint density at radius 1 is 0.774 bits per heavy atom. The Bertz CT molecular complexity index is 1410. The third-order valence-electron chi connectivity index (χ3n) is 6.21. The van der Waals surface area contributed by atoms with Crippen LogP contribution in [0.2, 0.25) is 0 Å². The molecular formula is C29H27N2+. The molecule has 1 heterocycles. The van der Waals surface area contributed by atoms with Crippen LogP contribution < -0.4 is 4.57 Å². The average molecular weight is 404 g/mol. The first-order valence-corrected chi connectivity index (χ1v) is 10.9. The van der Waals surface area contributed by atoms with E-state index in [-0.39, 0.29) is 0 Å². The molecule has 5 aromatic rings. The Morgan fingerprint density at radius 3 is 2.26 bits per heavy atom. The Kier molecular flexibility index (Phi) is 4.78. The number of nitrogens with zero attached hydrogens (tertiary/aromatic N) is 2. The van der Waals surface area contributed by atoms with E-state index in [2.05, 4.69) is 117 Å². The topological polar surface area (TPSA) is 16.8 Å². The van der Waals surface area contributed by atoms with Crippen LogP contribution in [0.15, 0.2) is 85.1 Å². The molecule has 2 nitrogen and oxygen atoms in total. The first-order chi connectivity index (χ1) is 15.0. The van der Waals surface area contributed by atoms with E-state index in [0.717, 1.165) is 16.7 Å². The lowest BCUT2D eigenvalue weighted by atomic mass is 9.96. The summed E-state index contributed by atoms with van der Waals surface area (Å²) in [6.07, 6.45) is 2.19. The largest absolute Gasteiger partial charge is 0.331 e. The van der Waals surface area contributed by atoms with Crippen molar-refractivity contribution < 1.29 is 4.57 Å². The van der Waals surface area contributed by atoms with Gasteiger partial charge in [-0.2, -0.15) is 0 Å². The number of rotatable bonds is 3. The lowest BCUT2D eigenvalue weighted by Crippen LogP contribution is -2.32. The Hall–Kier alpha value is -3.52. The van der Waals surface area contributed by atoms with Gasteiger partial charge in [-0.15, -0.1) is 0 Å². The van der Waals surface area contributed by atoms with E-state index in [0.29, 0.717) is 5.92 Å². The van der Waals surface area contributed by atoms with Gasteiger partial charge in [-0.25, -0.2) is 4.57 Å². The summed E-state index contributed by atoms with van der Waals surface area (Å²) in [7, 11) is 2.08. The maximum Gasteiger partial charge on any atom is 0.331 e. The summed E-state index contributed by atoms with van der Waals surface area (Å²) in [5.74, 6) is 1.53. The minimum Gasteiger partial charge on any atom is -0.232 e. The minimum absolute atomic E-state index is 0.540. The quantitative estimate of drug-likeness (QED) is 0.235. The maximum atomic E-state index is 5.17. The van der Waals surface area contributed by atoms with Crippen LogP contribution in [0.1, 0.15) is 30.9 Å². The first kappa shape index (κ1) is 19.4. The fourth-order valence-corrected chi connectivity index (χ4v) is 4.31. The van der Waals surface area contributed by atoms with Crippen LogP contribution in [-0.4, -0.2) is 4.98 Å². The van der Waals surface area contributed by atoms with E-state index in [1.165, 1.54) is 38.6 Å². The summed E-state index contributed by atoms with van der Waals surface area (Å²) in [6.45, 7) is 6.62. The van der Waals surface area contributed by atoms with Crippen molar-refractivity contribution in [2.45, 2.75) is 26.7 Å². The highest BCUT2D eigenvalue weighted by atomic mass is 15.0. The average Bonchev–Trinajstić information content (AvgIpc) is 2.79. The highest BCUT2D eigenvalue weighted by molar-refractivity contribution is 6.05. The van der Waals surface area contributed by atoms with Gasteiger partial charge in [-0.1, -0.05) is 74.5 Å². The van der Waals surface area contributed by atoms with E-state index in [1.807, 2.05) is 0 Å². The summed E-state index contributed by atoms with van der Waals surface area (Å²) in [4.78, 5) is 5.17. The number of aryl methyl sites for hydroxylation is 2. The fraction of sp³-hybridized carbons (Fsp3) is 0.172. The van der Waals surface area contributed by atoms with Gasteiger partial charge in [0.25, 0.3) is 0 Å². The van der Waals surface area contributed by atoms with Crippen molar-refractivity contribution in [3.63, 3.8) is 0 Å². The van der Waals surface area contributed by atoms with Crippen molar-refractivity contribution >= 4 is 21.7 Å². The predicted octanol–water partition coefficient (Wildman–Crippen LogP) is 6.98. The van der Waals surface area contributed by atoms with Gasteiger partial charge in [-0.3, -0.25) is 0 Å². The molecule has 1 aromatic heterocycles. The Morgan fingerprint density at radius 2 is 1.48 bits per heavy atom. The highest BCUT2D eigenvalue weighted by Crippen LogP contribution is 2.30. The van der Waals surface area contributed by atoms with E-state index in [1.54, 1.807) is 0 Å². The van der Waals surface area contributed by atoms with Crippen LogP contribution in [-0.2, 0) is 7.05 Å². The number of hydrogen-bond donors (Lipinski definition) is 0. The van der Waals surface area contributed by atoms with E-state index < -0.39 is 0 Å². The number of hydrogen-bond acceptors (Lipinski definition) is 1. The van der Waals surface area contributed by atoms with Gasteiger partial charge in [0, 0.05) is 5.39 Å². The second-order valence-corrected chi connectivity index (χ2v) is 8.71. The SMILES string of the molecule is Cc1ccc(-c2ccc(C(C)C)cc2)cc1-c1nc2c(ccc3ccccc32)c[n+]1C. The van der Waals surface area contributed by atoms with Crippen LogP contribution in [0.4, 0.5) is 0 Å². The molecule has 0 saturated carbocycles. The zero-order valence-corrected chi connectivity index (χ0v) is 18.6. The van der Waals surface area contributed by atoms with Crippen molar-refractivity contribution in [1.82, 2.24) is 4.98 Å². The van der Waals surface area contributed by atoms with Gasteiger partial charge in [0.2, 0.25) is 0 Å². The smallest absolute Gasteiger partial charge is 0.232 e. The van der Waals surface area contributed by atoms with Crippen LogP contribution in [0.3, 0.4) is 0 Å². The van der Waals surface area contributed by atoms with Crippen LogP contribution >= 0.6 is 0 Å². The van der Waals surface area contributed by atoms with Crippen LogP contribution in [0, 0.1) is 6.92 Å². The maximum absolute atomic E-state index is 5.17. The minimum atomic E-state index is 0.540. The summed E-state index contributed by atoms with van der Waals surface area (Å²) in [6, 6.07) is 28.4. The molecule has 0 bridgehead atoms. The standard InChI is InChI=1S/C29H27N2/c1-19(2)21-11-13-22(14-12-21)24-10-9-20(3)27(17-24)29-30-28-25(18-31(29)4)16-15-23-7-5-6-8-26(23)28/h5-19H,1-4H3/q+1. The number of aromatic nitrogens is 2. The highest BCUT2D eigenvalue weighted by Gasteiger charge is 2.19. The van der Waals surface area contributed by atoms with Crippen molar-refractivity contribution in [1.29, 1.82) is 0 Å². The van der Waals surface area contributed by atoms with E-state index >= 15 is 0 Å². The fourth-order valence-electron chi connectivity index (χ4n) is 4.31.